The molecule has 0 radical (unpaired) electrons. The molecule has 0 aliphatic carbocycles. The van der Waals surface area contributed by atoms with E-state index in [2.05, 4.69) is 6.58 Å². The first-order valence-corrected chi connectivity index (χ1v) is 5.28. The highest BCUT2D eigenvalue weighted by atomic mass is 32.2. The number of hydrogen-bond donors (Lipinski definition) is 0. The summed E-state index contributed by atoms with van der Waals surface area (Å²) >= 11 is 0. The molecule has 1 saturated heterocycles. The molecule has 1 rings (SSSR count). The maximum atomic E-state index is 11.1. The monoisotopic (exact) mass is 176 g/mol. The van der Waals surface area contributed by atoms with E-state index in [1.54, 1.807) is 6.08 Å². The molecule has 0 aromatic rings. The van der Waals surface area contributed by atoms with E-state index in [1.165, 1.54) is 0 Å². The molecular formula is C7H12O3S. The molecule has 4 heteroatoms. The molecule has 1 heterocycles. The smallest absolute Gasteiger partial charge is 0.179 e. The zero-order valence-electron chi connectivity index (χ0n) is 6.32. The molecule has 1 unspecified atom stereocenters. The molecule has 0 saturated carbocycles. The molecule has 11 heavy (non-hydrogen) atoms. The van der Waals surface area contributed by atoms with E-state index in [-0.39, 0.29) is 11.2 Å². The van der Waals surface area contributed by atoms with E-state index < -0.39 is 9.84 Å². The van der Waals surface area contributed by atoms with E-state index in [1.807, 2.05) is 0 Å². The van der Waals surface area contributed by atoms with E-state index in [4.69, 9.17) is 4.74 Å². The summed E-state index contributed by atoms with van der Waals surface area (Å²) in [7, 11) is -2.93. The third-order valence-corrected chi connectivity index (χ3v) is 3.63. The fourth-order valence-electron chi connectivity index (χ4n) is 1.06. The Morgan fingerprint density at radius 2 is 2.36 bits per heavy atom. The Hall–Kier alpha value is -0.350. The van der Waals surface area contributed by atoms with Crippen molar-refractivity contribution in [1.82, 2.24) is 0 Å². The predicted molar refractivity (Wildman–Crippen MR) is 43.0 cm³/mol. The lowest BCUT2D eigenvalue weighted by Crippen LogP contribution is -2.17. The maximum absolute atomic E-state index is 11.1. The predicted octanol–water partition coefficient (Wildman–Crippen LogP) is 0.724. The van der Waals surface area contributed by atoms with Crippen molar-refractivity contribution in [2.45, 2.75) is 18.1 Å². The van der Waals surface area contributed by atoms with Gasteiger partial charge in [0, 0.05) is 0 Å². The van der Waals surface area contributed by atoms with Gasteiger partial charge in [-0.1, -0.05) is 6.08 Å². The number of hydrogen-bond acceptors (Lipinski definition) is 3. The summed E-state index contributed by atoms with van der Waals surface area (Å²) in [4.78, 5) is 0. The molecule has 0 amide bonds. The topological polar surface area (TPSA) is 43.4 Å². The van der Waals surface area contributed by atoms with E-state index in [9.17, 15) is 8.42 Å². The van der Waals surface area contributed by atoms with Crippen LogP contribution in [0.1, 0.15) is 12.8 Å². The molecule has 0 aromatic heterocycles. The molecule has 1 atom stereocenters. The van der Waals surface area contributed by atoms with Gasteiger partial charge in [0.1, 0.15) is 5.94 Å². The van der Waals surface area contributed by atoms with Crippen LogP contribution in [0.25, 0.3) is 0 Å². The minimum atomic E-state index is -2.93. The molecule has 0 spiro atoms. The van der Waals surface area contributed by atoms with Crippen molar-refractivity contribution >= 4 is 9.84 Å². The lowest BCUT2D eigenvalue weighted by Gasteiger charge is -2.03. The summed E-state index contributed by atoms with van der Waals surface area (Å²) in [6, 6.07) is 0. The molecule has 0 aromatic carbocycles. The molecule has 1 fully saturated rings. The van der Waals surface area contributed by atoms with Gasteiger partial charge in [0.25, 0.3) is 0 Å². The zero-order valence-corrected chi connectivity index (χ0v) is 7.14. The van der Waals surface area contributed by atoms with Crippen LogP contribution in [0.15, 0.2) is 12.7 Å². The van der Waals surface area contributed by atoms with Crippen LogP contribution in [0.2, 0.25) is 0 Å². The van der Waals surface area contributed by atoms with Gasteiger partial charge in [0.05, 0.1) is 11.9 Å². The number of ether oxygens (including phenoxy) is 1. The number of allylic oxidation sites excluding steroid dienone is 1. The summed E-state index contributed by atoms with van der Waals surface area (Å²) in [5.41, 5.74) is 0. The molecular weight excluding hydrogens is 164 g/mol. The van der Waals surface area contributed by atoms with Crippen LogP contribution in [0.5, 0.6) is 0 Å². The first-order chi connectivity index (χ1) is 5.17. The third-order valence-electron chi connectivity index (χ3n) is 1.75. The zero-order chi connectivity index (χ0) is 8.32. The van der Waals surface area contributed by atoms with Crippen LogP contribution < -0.4 is 0 Å². The second-order valence-electron chi connectivity index (χ2n) is 2.64. The second-order valence-corrected chi connectivity index (χ2v) is 4.87. The van der Waals surface area contributed by atoms with Crippen LogP contribution in [0.4, 0.5) is 0 Å². The Balaban J connectivity index is 2.52. The second kappa shape index (κ2) is 3.36. The van der Waals surface area contributed by atoms with Gasteiger partial charge < -0.3 is 4.74 Å². The normalized spacial score (nSPS) is 28.5. The Labute approximate surface area is 67.0 Å². The van der Waals surface area contributed by atoms with Gasteiger partial charge in [-0.05, 0) is 12.8 Å². The van der Waals surface area contributed by atoms with Gasteiger partial charge in [0.15, 0.2) is 9.84 Å². The Kier molecular flexibility index (Phi) is 2.67. The third kappa shape index (κ3) is 2.04. The Bertz CT molecular complexity index is 230. The molecule has 64 valence electrons. The minimum absolute atomic E-state index is 0.102. The van der Waals surface area contributed by atoms with Gasteiger partial charge in [0.2, 0.25) is 0 Å². The van der Waals surface area contributed by atoms with Crippen molar-refractivity contribution in [3.8, 4) is 0 Å². The van der Waals surface area contributed by atoms with Crippen LogP contribution in [-0.2, 0) is 14.6 Å². The highest BCUT2D eigenvalue weighted by Gasteiger charge is 2.31. The summed E-state index contributed by atoms with van der Waals surface area (Å²) in [5.74, 6) is -0.102. The average molecular weight is 176 g/mol. The summed E-state index contributed by atoms with van der Waals surface area (Å²) in [5, 5.41) is -0.291. The van der Waals surface area contributed by atoms with Gasteiger partial charge >= 0.3 is 0 Å². The van der Waals surface area contributed by atoms with Crippen molar-refractivity contribution in [2.24, 2.45) is 0 Å². The van der Waals surface area contributed by atoms with Crippen LogP contribution in [-0.4, -0.2) is 26.2 Å². The fourth-order valence-corrected chi connectivity index (χ4v) is 2.38. The van der Waals surface area contributed by atoms with Crippen molar-refractivity contribution in [2.75, 3.05) is 12.5 Å². The van der Waals surface area contributed by atoms with E-state index >= 15 is 0 Å². The molecule has 0 N–H and O–H groups in total. The van der Waals surface area contributed by atoms with Crippen LogP contribution >= 0.6 is 0 Å². The first-order valence-electron chi connectivity index (χ1n) is 3.57. The maximum Gasteiger partial charge on any atom is 0.179 e. The standard InChI is InChI=1S/C7H12O3S/c1-2-3-4-7-5-10-6-11(7,8)9/h2,7H,1,3-6H2. The van der Waals surface area contributed by atoms with Crippen molar-refractivity contribution in [3.05, 3.63) is 12.7 Å². The van der Waals surface area contributed by atoms with Crippen molar-refractivity contribution in [3.63, 3.8) is 0 Å². The average Bonchev–Trinajstić information content (AvgIpc) is 2.25. The highest BCUT2D eigenvalue weighted by Crippen LogP contribution is 2.16. The van der Waals surface area contributed by atoms with Crippen molar-refractivity contribution in [1.29, 1.82) is 0 Å². The van der Waals surface area contributed by atoms with Gasteiger partial charge in [-0.15, -0.1) is 6.58 Å². The largest absolute Gasteiger partial charge is 0.364 e. The molecule has 3 nitrogen and oxygen atoms in total. The first kappa shape index (κ1) is 8.74. The van der Waals surface area contributed by atoms with Gasteiger partial charge in [-0.3, -0.25) is 0 Å². The lowest BCUT2D eigenvalue weighted by molar-refractivity contribution is 0.200. The van der Waals surface area contributed by atoms with Gasteiger partial charge in [-0.2, -0.15) is 0 Å². The van der Waals surface area contributed by atoms with Crippen LogP contribution in [0.3, 0.4) is 0 Å². The lowest BCUT2D eigenvalue weighted by atomic mass is 10.2. The summed E-state index contributed by atoms with van der Waals surface area (Å²) < 4.78 is 27.1. The van der Waals surface area contributed by atoms with E-state index in [0.29, 0.717) is 13.0 Å². The fraction of sp³-hybridized carbons (Fsp3) is 0.714. The number of rotatable bonds is 3. The Morgan fingerprint density at radius 3 is 2.82 bits per heavy atom. The van der Waals surface area contributed by atoms with E-state index in [0.717, 1.165) is 6.42 Å². The quantitative estimate of drug-likeness (QED) is 0.595. The van der Waals surface area contributed by atoms with Gasteiger partial charge in [-0.25, -0.2) is 8.42 Å². The molecule has 0 bridgehead atoms. The van der Waals surface area contributed by atoms with Crippen LogP contribution in [0, 0.1) is 0 Å². The Morgan fingerprint density at radius 1 is 1.64 bits per heavy atom. The number of sulfone groups is 1. The highest BCUT2D eigenvalue weighted by molar-refractivity contribution is 7.92. The SMILES string of the molecule is C=CCCC1COCS1(=O)=O. The summed E-state index contributed by atoms with van der Waals surface area (Å²) in [6.45, 7) is 3.89. The molecule has 1 aliphatic rings. The van der Waals surface area contributed by atoms with Crippen molar-refractivity contribution < 1.29 is 13.2 Å². The summed E-state index contributed by atoms with van der Waals surface area (Å²) in [6.07, 6.45) is 3.12. The molecule has 1 aliphatic heterocycles. The minimum Gasteiger partial charge on any atom is -0.364 e.